The first kappa shape index (κ1) is 22.6. The van der Waals surface area contributed by atoms with Gasteiger partial charge in [-0.2, -0.15) is 0 Å². The van der Waals surface area contributed by atoms with Gasteiger partial charge in [0.15, 0.2) is 5.96 Å². The molecular weight excluding hydrogens is 450 g/mol. The topological polar surface area (TPSA) is 66.0 Å². The van der Waals surface area contributed by atoms with Gasteiger partial charge in [0.2, 0.25) is 5.91 Å². The van der Waals surface area contributed by atoms with E-state index in [4.69, 9.17) is 4.74 Å². The van der Waals surface area contributed by atoms with E-state index in [-0.39, 0.29) is 54.5 Å². The molecule has 0 spiro atoms. The summed E-state index contributed by atoms with van der Waals surface area (Å²) in [6.45, 7) is 6.11. The third-order valence-corrected chi connectivity index (χ3v) is 3.99. The Bertz CT molecular complexity index is 597. The summed E-state index contributed by atoms with van der Waals surface area (Å²) in [5.74, 6) is 0.341. The number of hydrogen-bond acceptors (Lipinski definition) is 3. The molecule has 0 aliphatic carbocycles. The van der Waals surface area contributed by atoms with Gasteiger partial charge in [0, 0.05) is 20.1 Å². The molecule has 1 fully saturated rings. The van der Waals surface area contributed by atoms with Crippen molar-refractivity contribution in [2.24, 2.45) is 4.99 Å². The summed E-state index contributed by atoms with van der Waals surface area (Å²) < 4.78 is 19.1. The Morgan fingerprint density at radius 1 is 1.31 bits per heavy atom. The van der Waals surface area contributed by atoms with Crippen molar-refractivity contribution in [3.05, 3.63) is 35.6 Å². The number of hydrogen-bond donors (Lipinski definition) is 2. The molecule has 146 valence electrons. The first-order valence-corrected chi connectivity index (χ1v) is 8.66. The van der Waals surface area contributed by atoms with Gasteiger partial charge >= 0.3 is 0 Å². The standard InChI is InChI=1S/C18H27FN4O2.HI/c1-4-9-21-17(24)10-22-18(20-3)23-11-13(2)25-16(12-23)14-5-7-15(19)8-6-14;/h5-8,13,16H,4,9-12H2,1-3H3,(H,20,22)(H,21,24);1H. The maximum atomic E-state index is 13.1. The van der Waals surface area contributed by atoms with Gasteiger partial charge in [-0.05, 0) is 31.0 Å². The van der Waals surface area contributed by atoms with Gasteiger partial charge in [-0.25, -0.2) is 4.39 Å². The fourth-order valence-electron chi connectivity index (χ4n) is 2.80. The number of nitrogens with zero attached hydrogens (tertiary/aromatic N) is 2. The molecule has 26 heavy (non-hydrogen) atoms. The molecule has 1 aliphatic rings. The van der Waals surface area contributed by atoms with Gasteiger partial charge in [-0.15, -0.1) is 24.0 Å². The fourth-order valence-corrected chi connectivity index (χ4v) is 2.80. The van der Waals surface area contributed by atoms with Gasteiger partial charge in [0.1, 0.15) is 11.9 Å². The SMILES string of the molecule is CCCNC(=O)CNC(=NC)N1CC(C)OC(c2ccc(F)cc2)C1.I. The van der Waals surface area contributed by atoms with Crippen molar-refractivity contribution in [3.63, 3.8) is 0 Å². The Morgan fingerprint density at radius 2 is 2.00 bits per heavy atom. The normalized spacial score (nSPS) is 20.3. The first-order chi connectivity index (χ1) is 12.0. The van der Waals surface area contributed by atoms with Crippen molar-refractivity contribution in [2.45, 2.75) is 32.5 Å². The van der Waals surface area contributed by atoms with Crippen molar-refractivity contribution >= 4 is 35.8 Å². The molecule has 0 radical (unpaired) electrons. The third kappa shape index (κ3) is 6.71. The van der Waals surface area contributed by atoms with Crippen LogP contribution in [0.4, 0.5) is 4.39 Å². The molecule has 2 rings (SSSR count). The average molecular weight is 478 g/mol. The van der Waals surface area contributed by atoms with E-state index >= 15 is 0 Å². The number of carbonyl (C=O) groups is 1. The number of ether oxygens (including phenoxy) is 1. The van der Waals surface area contributed by atoms with Crippen molar-refractivity contribution < 1.29 is 13.9 Å². The quantitative estimate of drug-likeness (QED) is 0.388. The predicted octanol–water partition coefficient (Wildman–Crippen LogP) is 2.31. The van der Waals surface area contributed by atoms with Crippen LogP contribution in [0.1, 0.15) is 31.9 Å². The summed E-state index contributed by atoms with van der Waals surface area (Å²) in [5.41, 5.74) is 0.925. The monoisotopic (exact) mass is 478 g/mol. The third-order valence-electron chi connectivity index (χ3n) is 3.99. The smallest absolute Gasteiger partial charge is 0.239 e. The van der Waals surface area contributed by atoms with Gasteiger partial charge in [-0.3, -0.25) is 9.79 Å². The zero-order valence-electron chi connectivity index (χ0n) is 15.5. The second-order valence-electron chi connectivity index (χ2n) is 6.14. The Kier molecular flexibility index (Phi) is 9.85. The van der Waals surface area contributed by atoms with Crippen LogP contribution in [0.5, 0.6) is 0 Å². The second kappa shape index (κ2) is 11.3. The zero-order chi connectivity index (χ0) is 18.2. The van der Waals surface area contributed by atoms with Crippen LogP contribution in [0.15, 0.2) is 29.3 Å². The lowest BCUT2D eigenvalue weighted by Crippen LogP contribution is -2.52. The second-order valence-corrected chi connectivity index (χ2v) is 6.14. The van der Waals surface area contributed by atoms with Crippen LogP contribution < -0.4 is 10.6 Å². The minimum atomic E-state index is -0.264. The minimum Gasteiger partial charge on any atom is -0.367 e. The van der Waals surface area contributed by atoms with E-state index in [0.717, 1.165) is 12.0 Å². The number of amides is 1. The van der Waals surface area contributed by atoms with E-state index in [1.807, 2.05) is 13.8 Å². The molecule has 2 atom stereocenters. The van der Waals surface area contributed by atoms with Gasteiger partial charge in [0.05, 0.1) is 19.2 Å². The number of carbonyl (C=O) groups excluding carboxylic acids is 1. The summed E-state index contributed by atoms with van der Waals surface area (Å²) in [6.07, 6.45) is 0.730. The van der Waals surface area contributed by atoms with Crippen LogP contribution in [0.2, 0.25) is 0 Å². The van der Waals surface area contributed by atoms with E-state index in [2.05, 4.69) is 20.5 Å². The van der Waals surface area contributed by atoms with Crippen LogP contribution in [0, 0.1) is 5.82 Å². The van der Waals surface area contributed by atoms with E-state index in [9.17, 15) is 9.18 Å². The maximum absolute atomic E-state index is 13.1. The lowest BCUT2D eigenvalue weighted by molar-refractivity contribution is -0.120. The minimum absolute atomic E-state index is 0. The molecule has 2 N–H and O–H groups in total. The summed E-state index contributed by atoms with van der Waals surface area (Å²) in [6, 6.07) is 6.36. The average Bonchev–Trinajstić information content (AvgIpc) is 2.60. The van der Waals surface area contributed by atoms with Crippen LogP contribution in [-0.2, 0) is 9.53 Å². The molecule has 0 aromatic heterocycles. The number of benzene rings is 1. The van der Waals surface area contributed by atoms with Crippen LogP contribution in [0.3, 0.4) is 0 Å². The summed E-state index contributed by atoms with van der Waals surface area (Å²) in [7, 11) is 1.69. The highest BCUT2D eigenvalue weighted by atomic mass is 127. The van der Waals surface area contributed by atoms with E-state index in [0.29, 0.717) is 25.6 Å². The Labute approximate surface area is 171 Å². The molecule has 1 heterocycles. The largest absolute Gasteiger partial charge is 0.367 e. The first-order valence-electron chi connectivity index (χ1n) is 8.66. The Balaban J connectivity index is 0.00000338. The molecule has 1 aliphatic heterocycles. The number of halogens is 2. The molecule has 1 saturated heterocycles. The van der Waals surface area contributed by atoms with E-state index in [1.54, 1.807) is 19.2 Å². The van der Waals surface area contributed by atoms with Gasteiger partial charge in [-0.1, -0.05) is 19.1 Å². The van der Waals surface area contributed by atoms with Gasteiger partial charge in [0.25, 0.3) is 0 Å². The highest BCUT2D eigenvalue weighted by molar-refractivity contribution is 14.0. The summed E-state index contributed by atoms with van der Waals surface area (Å²) in [5, 5.41) is 5.93. The van der Waals surface area contributed by atoms with Crippen LogP contribution in [-0.4, -0.2) is 56.1 Å². The Morgan fingerprint density at radius 3 is 2.62 bits per heavy atom. The number of aliphatic imine (C=N–C) groups is 1. The molecule has 8 heteroatoms. The van der Waals surface area contributed by atoms with Crippen molar-refractivity contribution in [2.75, 3.05) is 33.2 Å². The van der Waals surface area contributed by atoms with Crippen molar-refractivity contribution in [1.29, 1.82) is 0 Å². The molecule has 1 amide bonds. The number of rotatable bonds is 5. The number of guanidine groups is 1. The lowest BCUT2D eigenvalue weighted by atomic mass is 10.1. The molecule has 1 aromatic carbocycles. The number of nitrogens with one attached hydrogen (secondary N) is 2. The van der Waals surface area contributed by atoms with Crippen LogP contribution >= 0.6 is 24.0 Å². The highest BCUT2D eigenvalue weighted by Crippen LogP contribution is 2.25. The molecule has 6 nitrogen and oxygen atoms in total. The molecule has 2 unspecified atom stereocenters. The van der Waals surface area contributed by atoms with E-state index in [1.165, 1.54) is 12.1 Å². The van der Waals surface area contributed by atoms with E-state index < -0.39 is 0 Å². The fraction of sp³-hybridized carbons (Fsp3) is 0.556. The molecule has 1 aromatic rings. The summed E-state index contributed by atoms with van der Waals surface area (Å²) >= 11 is 0. The lowest BCUT2D eigenvalue weighted by Gasteiger charge is -2.38. The maximum Gasteiger partial charge on any atom is 0.239 e. The molecular formula is C18H28FIN4O2. The highest BCUT2D eigenvalue weighted by Gasteiger charge is 2.28. The number of morpholine rings is 1. The van der Waals surface area contributed by atoms with Crippen molar-refractivity contribution in [3.8, 4) is 0 Å². The Hall–Kier alpha value is -1.42. The van der Waals surface area contributed by atoms with Crippen LogP contribution in [0.25, 0.3) is 0 Å². The zero-order valence-corrected chi connectivity index (χ0v) is 17.8. The van der Waals surface area contributed by atoms with Gasteiger partial charge < -0.3 is 20.3 Å². The molecule has 0 bridgehead atoms. The van der Waals surface area contributed by atoms with Crippen molar-refractivity contribution in [1.82, 2.24) is 15.5 Å². The molecule has 0 saturated carbocycles. The summed E-state index contributed by atoms with van der Waals surface area (Å²) in [4.78, 5) is 18.1. The predicted molar refractivity (Wildman–Crippen MR) is 111 cm³/mol.